The highest BCUT2D eigenvalue weighted by atomic mass is 16.6. The van der Waals surface area contributed by atoms with Crippen LogP contribution in [0.15, 0.2) is 0 Å². The highest BCUT2D eigenvalue weighted by molar-refractivity contribution is 4.85. The first-order valence-corrected chi connectivity index (χ1v) is 3.65. The lowest BCUT2D eigenvalue weighted by molar-refractivity contribution is -0.883. The Bertz CT molecular complexity index is 171. The molecule has 0 saturated carbocycles. The monoisotopic (exact) mass is 179 g/mol. The number of aliphatic hydroxyl groups is 4. The van der Waals surface area contributed by atoms with Crippen molar-refractivity contribution in [2.24, 2.45) is 0 Å². The molecule has 0 radical (unpaired) electrons. The van der Waals surface area contributed by atoms with Crippen molar-refractivity contribution in [3.8, 4) is 0 Å². The van der Waals surface area contributed by atoms with Gasteiger partial charge in [0.25, 0.3) is 0 Å². The van der Waals surface area contributed by atoms with Crippen LogP contribution in [0.5, 0.6) is 0 Å². The van der Waals surface area contributed by atoms with E-state index in [2.05, 4.69) is 0 Å². The summed E-state index contributed by atoms with van der Waals surface area (Å²) in [6.45, 7) is -0.219. The number of hydrogen-bond acceptors (Lipinski definition) is 5. The third-order valence-corrected chi connectivity index (χ3v) is 2.23. The number of quaternary nitrogens is 1. The summed E-state index contributed by atoms with van der Waals surface area (Å²) in [7, 11) is 1.18. The van der Waals surface area contributed by atoms with Gasteiger partial charge in [-0.2, -0.15) is 0 Å². The first kappa shape index (κ1) is 9.85. The van der Waals surface area contributed by atoms with Gasteiger partial charge in [-0.25, -0.2) is 0 Å². The molecule has 6 heteroatoms. The molecule has 1 fully saturated rings. The van der Waals surface area contributed by atoms with E-state index in [0.29, 0.717) is 0 Å². The van der Waals surface area contributed by atoms with Crippen LogP contribution in [0.4, 0.5) is 0 Å². The molecule has 1 heterocycles. The lowest BCUT2D eigenvalue weighted by Gasteiger charge is -2.40. The Morgan fingerprint density at radius 3 is 2.08 bits per heavy atom. The molecular weight excluding hydrogens is 166 g/mol. The molecule has 0 aromatic carbocycles. The summed E-state index contributed by atoms with van der Waals surface area (Å²) in [5.41, 5.74) is 0. The number of aliphatic hydroxyl groups excluding tert-OH is 3. The van der Waals surface area contributed by atoms with E-state index in [1.165, 1.54) is 7.05 Å². The summed E-state index contributed by atoms with van der Waals surface area (Å²) in [6, 6.07) is -1.28. The van der Waals surface area contributed by atoms with Gasteiger partial charge in [0.2, 0.25) is 6.29 Å². The summed E-state index contributed by atoms with van der Waals surface area (Å²) >= 11 is 0. The fourth-order valence-corrected chi connectivity index (χ4v) is 1.61. The highest BCUT2D eigenvalue weighted by Crippen LogP contribution is 2.25. The third kappa shape index (κ3) is 1.45. The lowest BCUT2D eigenvalue weighted by Crippen LogP contribution is -2.52. The Balaban J connectivity index is 2.81. The molecule has 72 valence electrons. The normalized spacial score (nSPS) is 48.8. The summed E-state index contributed by atoms with van der Waals surface area (Å²) in [5, 5.41) is 47.1. The van der Waals surface area contributed by atoms with Crippen LogP contribution in [0.2, 0.25) is 0 Å². The molecule has 0 aliphatic carbocycles. The highest BCUT2D eigenvalue weighted by Gasteiger charge is 2.49. The molecule has 6 nitrogen and oxygen atoms in total. The molecule has 1 aliphatic rings. The van der Waals surface area contributed by atoms with Gasteiger partial charge in [-0.3, -0.25) is 0 Å². The van der Waals surface area contributed by atoms with Gasteiger partial charge < -0.3 is 30.3 Å². The maximum Gasteiger partial charge on any atom is 0.208 e. The van der Waals surface area contributed by atoms with Crippen LogP contribution in [0, 0.1) is 5.21 Å². The minimum Gasteiger partial charge on any atom is -0.633 e. The van der Waals surface area contributed by atoms with Gasteiger partial charge in [0.15, 0.2) is 6.04 Å². The fraction of sp³-hybridized carbons (Fsp3) is 1.00. The molecule has 0 amide bonds. The Labute approximate surface area is 69.5 Å². The molecule has 1 unspecified atom stereocenters. The average molecular weight is 179 g/mol. The van der Waals surface area contributed by atoms with E-state index in [1.54, 1.807) is 0 Å². The molecule has 4 N–H and O–H groups in total. The second-order valence-corrected chi connectivity index (χ2v) is 3.32. The zero-order chi connectivity index (χ0) is 9.52. The van der Waals surface area contributed by atoms with Crippen molar-refractivity contribution in [1.82, 2.24) is 0 Å². The van der Waals surface area contributed by atoms with Gasteiger partial charge in [0.05, 0.1) is 7.05 Å². The van der Waals surface area contributed by atoms with Crippen LogP contribution in [-0.2, 0) is 0 Å². The minimum atomic E-state index is -1.90. The predicted molar refractivity (Wildman–Crippen MR) is 38.4 cm³/mol. The van der Waals surface area contributed by atoms with Gasteiger partial charge in [0.1, 0.15) is 18.8 Å². The van der Waals surface area contributed by atoms with Crippen molar-refractivity contribution in [2.45, 2.75) is 24.5 Å². The maximum absolute atomic E-state index is 11.4. The molecule has 0 aromatic heterocycles. The quantitative estimate of drug-likeness (QED) is 0.200. The Morgan fingerprint density at radius 1 is 1.42 bits per heavy atom. The smallest absolute Gasteiger partial charge is 0.208 e. The van der Waals surface area contributed by atoms with Crippen LogP contribution < -0.4 is 0 Å². The zero-order valence-corrected chi connectivity index (χ0v) is 6.66. The van der Waals surface area contributed by atoms with E-state index in [4.69, 9.17) is 15.3 Å². The van der Waals surface area contributed by atoms with Crippen molar-refractivity contribution >= 4 is 0 Å². The largest absolute Gasteiger partial charge is 0.633 e. The number of hydroxylamine groups is 3. The van der Waals surface area contributed by atoms with E-state index in [-0.39, 0.29) is 6.54 Å². The molecule has 4 atom stereocenters. The summed E-state index contributed by atoms with van der Waals surface area (Å²) in [6.07, 6.45) is -4.45. The van der Waals surface area contributed by atoms with Crippen molar-refractivity contribution in [1.29, 1.82) is 0 Å². The van der Waals surface area contributed by atoms with Gasteiger partial charge in [0, 0.05) is 0 Å². The van der Waals surface area contributed by atoms with Crippen molar-refractivity contribution < 1.29 is 25.1 Å². The molecule has 1 aliphatic heterocycles. The standard InChI is InChI=1S/C6H13NO5/c1-7(12)2-3(8)5(9)4(7)6(10)11/h3-6,8-11H,2H2,1H3/t3-,4-,5+,7?/m1/s1. The maximum atomic E-state index is 11.4. The first-order chi connectivity index (χ1) is 5.36. The first-order valence-electron chi connectivity index (χ1n) is 3.65. The summed E-state index contributed by atoms with van der Waals surface area (Å²) in [5.74, 6) is 0. The van der Waals surface area contributed by atoms with Gasteiger partial charge in [-0.05, 0) is 0 Å². The molecule has 0 aromatic rings. The van der Waals surface area contributed by atoms with Crippen LogP contribution in [0.25, 0.3) is 0 Å². The summed E-state index contributed by atoms with van der Waals surface area (Å²) < 4.78 is -1.03. The molecule has 12 heavy (non-hydrogen) atoms. The number of hydrogen-bond donors (Lipinski definition) is 4. The second kappa shape index (κ2) is 2.91. The Morgan fingerprint density at radius 2 is 1.92 bits per heavy atom. The zero-order valence-electron chi connectivity index (χ0n) is 6.66. The number of likely N-dealkylation sites (N-methyl/N-ethyl adjacent to an activating group) is 1. The lowest BCUT2D eigenvalue weighted by atomic mass is 10.1. The topological polar surface area (TPSA) is 104 Å². The van der Waals surface area contributed by atoms with Crippen molar-refractivity contribution in [3.63, 3.8) is 0 Å². The fourth-order valence-electron chi connectivity index (χ4n) is 1.61. The van der Waals surface area contributed by atoms with Crippen molar-refractivity contribution in [2.75, 3.05) is 13.6 Å². The van der Waals surface area contributed by atoms with Gasteiger partial charge in [-0.1, -0.05) is 0 Å². The van der Waals surface area contributed by atoms with E-state index in [1.807, 2.05) is 0 Å². The number of nitrogens with zero attached hydrogens (tertiary/aromatic N) is 1. The van der Waals surface area contributed by atoms with Crippen LogP contribution in [0.3, 0.4) is 0 Å². The number of likely N-dealkylation sites (tertiary alicyclic amines) is 1. The van der Waals surface area contributed by atoms with Crippen LogP contribution in [0.1, 0.15) is 0 Å². The van der Waals surface area contributed by atoms with Gasteiger partial charge in [-0.15, -0.1) is 0 Å². The van der Waals surface area contributed by atoms with Gasteiger partial charge >= 0.3 is 0 Å². The van der Waals surface area contributed by atoms with Crippen molar-refractivity contribution in [3.05, 3.63) is 5.21 Å². The third-order valence-electron chi connectivity index (χ3n) is 2.23. The van der Waals surface area contributed by atoms with E-state index in [0.717, 1.165) is 0 Å². The Kier molecular flexibility index (Phi) is 2.39. The molecule has 0 spiro atoms. The summed E-state index contributed by atoms with van der Waals surface area (Å²) in [4.78, 5) is 0. The van der Waals surface area contributed by atoms with E-state index >= 15 is 0 Å². The molecule has 1 saturated heterocycles. The number of rotatable bonds is 1. The second-order valence-electron chi connectivity index (χ2n) is 3.32. The SMILES string of the molecule is C[N+]1([O-])C[C@@H](O)[C@H](O)[C@@H]1C(O)O. The van der Waals surface area contributed by atoms with E-state index in [9.17, 15) is 10.3 Å². The van der Waals surface area contributed by atoms with Crippen LogP contribution >= 0.6 is 0 Å². The Hall–Kier alpha value is -0.240. The minimum absolute atomic E-state index is 0.219. The predicted octanol–water partition coefficient (Wildman–Crippen LogP) is -2.65. The average Bonchev–Trinajstić information content (AvgIpc) is 2.01. The molecule has 1 rings (SSSR count). The van der Waals surface area contributed by atoms with Crippen LogP contribution in [-0.4, -0.2) is 63.2 Å². The molecule has 0 bridgehead atoms. The van der Waals surface area contributed by atoms with E-state index < -0.39 is 29.2 Å². The molecular formula is C6H13NO5.